The number of nitrogens with zero attached hydrogens (tertiary/aromatic N) is 4. The van der Waals surface area contributed by atoms with Crippen LogP contribution in [0.3, 0.4) is 0 Å². The third-order valence-corrected chi connectivity index (χ3v) is 4.16. The molecule has 7 heteroatoms. The van der Waals surface area contributed by atoms with Crippen LogP contribution in [-0.2, 0) is 4.74 Å². The van der Waals surface area contributed by atoms with E-state index in [0.717, 1.165) is 61.4 Å². The number of anilines is 2. The van der Waals surface area contributed by atoms with Crippen LogP contribution in [0.4, 0.5) is 11.6 Å². The molecule has 23 heavy (non-hydrogen) atoms. The molecule has 0 amide bonds. The van der Waals surface area contributed by atoms with Crippen molar-refractivity contribution in [2.75, 3.05) is 36.5 Å². The molecular weight excluding hydrogens is 294 g/mol. The first kappa shape index (κ1) is 15.7. The van der Waals surface area contributed by atoms with Gasteiger partial charge in [-0.25, -0.2) is 9.97 Å². The van der Waals surface area contributed by atoms with Crippen molar-refractivity contribution in [1.82, 2.24) is 15.1 Å². The second-order valence-corrected chi connectivity index (χ2v) is 5.70. The molecule has 1 saturated heterocycles. The highest BCUT2D eigenvalue weighted by molar-refractivity contribution is 5.50. The minimum absolute atomic E-state index is 0.119. The SMILES string of the molecule is CC[C@@H](Nc1cc(N2CCOCC2)ncn1)c1c(C)noc1C. The summed E-state index contributed by atoms with van der Waals surface area (Å²) in [5, 5.41) is 7.53. The molecule has 1 aliphatic rings. The summed E-state index contributed by atoms with van der Waals surface area (Å²) in [5.41, 5.74) is 2.03. The van der Waals surface area contributed by atoms with E-state index in [2.05, 4.69) is 32.3 Å². The second-order valence-electron chi connectivity index (χ2n) is 5.70. The van der Waals surface area contributed by atoms with Crippen LogP contribution in [0.5, 0.6) is 0 Å². The molecule has 0 aromatic carbocycles. The Morgan fingerprint density at radius 1 is 1.26 bits per heavy atom. The van der Waals surface area contributed by atoms with Gasteiger partial charge in [-0.15, -0.1) is 0 Å². The normalized spacial score (nSPS) is 16.4. The summed E-state index contributed by atoms with van der Waals surface area (Å²) in [6, 6.07) is 2.11. The van der Waals surface area contributed by atoms with Crippen LogP contribution in [0.2, 0.25) is 0 Å². The number of hydrogen-bond donors (Lipinski definition) is 1. The minimum Gasteiger partial charge on any atom is -0.378 e. The maximum absolute atomic E-state index is 5.39. The lowest BCUT2D eigenvalue weighted by atomic mass is 10.0. The number of aryl methyl sites for hydroxylation is 2. The Hall–Kier alpha value is -2.15. The molecule has 2 aromatic heterocycles. The molecule has 0 spiro atoms. The van der Waals surface area contributed by atoms with Gasteiger partial charge in [-0.05, 0) is 20.3 Å². The maximum Gasteiger partial charge on any atom is 0.139 e. The molecular formula is C16H23N5O2. The predicted octanol–water partition coefficient (Wildman–Crippen LogP) is 2.48. The van der Waals surface area contributed by atoms with Gasteiger partial charge in [0, 0.05) is 24.7 Å². The van der Waals surface area contributed by atoms with Crippen molar-refractivity contribution in [3.63, 3.8) is 0 Å². The van der Waals surface area contributed by atoms with Crippen LogP contribution >= 0.6 is 0 Å². The molecule has 124 valence electrons. The third-order valence-electron chi connectivity index (χ3n) is 4.16. The molecule has 0 unspecified atom stereocenters. The fourth-order valence-corrected chi connectivity index (χ4v) is 2.94. The van der Waals surface area contributed by atoms with Crippen LogP contribution < -0.4 is 10.2 Å². The van der Waals surface area contributed by atoms with Crippen LogP contribution in [0.15, 0.2) is 16.9 Å². The van der Waals surface area contributed by atoms with Gasteiger partial charge in [0.1, 0.15) is 23.7 Å². The number of hydrogen-bond acceptors (Lipinski definition) is 7. The number of morpholine rings is 1. The van der Waals surface area contributed by atoms with E-state index in [1.165, 1.54) is 0 Å². The van der Waals surface area contributed by atoms with Crippen molar-refractivity contribution in [2.24, 2.45) is 0 Å². The molecule has 1 N–H and O–H groups in total. The zero-order chi connectivity index (χ0) is 16.2. The molecule has 1 fully saturated rings. The van der Waals surface area contributed by atoms with Crippen molar-refractivity contribution in [2.45, 2.75) is 33.2 Å². The van der Waals surface area contributed by atoms with Gasteiger partial charge in [-0.2, -0.15) is 0 Å². The number of aromatic nitrogens is 3. The summed E-state index contributed by atoms with van der Waals surface area (Å²) in [4.78, 5) is 11.0. The van der Waals surface area contributed by atoms with Gasteiger partial charge in [0.05, 0.1) is 24.9 Å². The number of ether oxygens (including phenoxy) is 1. The summed E-state index contributed by atoms with van der Waals surface area (Å²) < 4.78 is 10.7. The smallest absolute Gasteiger partial charge is 0.139 e. The fourth-order valence-electron chi connectivity index (χ4n) is 2.94. The monoisotopic (exact) mass is 317 g/mol. The summed E-state index contributed by atoms with van der Waals surface area (Å²) in [6.07, 6.45) is 2.52. The first-order valence-electron chi connectivity index (χ1n) is 8.03. The Morgan fingerprint density at radius 3 is 2.70 bits per heavy atom. The molecule has 0 saturated carbocycles. The lowest BCUT2D eigenvalue weighted by molar-refractivity contribution is 0.122. The molecule has 7 nitrogen and oxygen atoms in total. The summed E-state index contributed by atoms with van der Waals surface area (Å²) >= 11 is 0. The van der Waals surface area contributed by atoms with E-state index in [1.807, 2.05) is 19.9 Å². The van der Waals surface area contributed by atoms with Gasteiger partial charge in [-0.1, -0.05) is 12.1 Å². The number of rotatable bonds is 5. The van der Waals surface area contributed by atoms with Gasteiger partial charge < -0.3 is 19.5 Å². The molecule has 3 rings (SSSR count). The molecule has 1 aliphatic heterocycles. The van der Waals surface area contributed by atoms with Crippen molar-refractivity contribution < 1.29 is 9.26 Å². The zero-order valence-electron chi connectivity index (χ0n) is 13.9. The Morgan fingerprint density at radius 2 is 2.04 bits per heavy atom. The second kappa shape index (κ2) is 6.95. The Labute approximate surface area is 136 Å². The van der Waals surface area contributed by atoms with Crippen LogP contribution in [-0.4, -0.2) is 41.4 Å². The highest BCUT2D eigenvalue weighted by Crippen LogP contribution is 2.28. The predicted molar refractivity (Wildman–Crippen MR) is 87.7 cm³/mol. The highest BCUT2D eigenvalue weighted by atomic mass is 16.5. The van der Waals surface area contributed by atoms with E-state index in [9.17, 15) is 0 Å². The quantitative estimate of drug-likeness (QED) is 0.907. The van der Waals surface area contributed by atoms with Crippen LogP contribution in [0, 0.1) is 13.8 Å². The fraction of sp³-hybridized carbons (Fsp3) is 0.562. The Balaban J connectivity index is 1.78. The summed E-state index contributed by atoms with van der Waals surface area (Å²) in [5.74, 6) is 2.59. The zero-order valence-corrected chi connectivity index (χ0v) is 13.9. The van der Waals surface area contributed by atoms with E-state index in [-0.39, 0.29) is 6.04 Å². The van der Waals surface area contributed by atoms with E-state index in [4.69, 9.17) is 9.26 Å². The van der Waals surface area contributed by atoms with Crippen molar-refractivity contribution in [1.29, 1.82) is 0 Å². The molecule has 1 atom stereocenters. The largest absolute Gasteiger partial charge is 0.378 e. The maximum atomic E-state index is 5.39. The Kier molecular flexibility index (Phi) is 4.76. The van der Waals surface area contributed by atoms with Gasteiger partial charge in [0.25, 0.3) is 0 Å². The standard InChI is InChI=1S/C16H23N5O2/c1-4-13(16-11(2)20-23-12(16)3)19-14-9-15(18-10-17-14)21-5-7-22-8-6-21/h9-10,13H,4-8H2,1-3H3,(H,17,18,19)/t13-/m1/s1. The van der Waals surface area contributed by atoms with Crippen molar-refractivity contribution in [3.8, 4) is 0 Å². The highest BCUT2D eigenvalue weighted by Gasteiger charge is 2.20. The third kappa shape index (κ3) is 3.44. The molecule has 0 bridgehead atoms. The van der Waals surface area contributed by atoms with Crippen LogP contribution in [0.25, 0.3) is 0 Å². The summed E-state index contributed by atoms with van der Waals surface area (Å²) in [6.45, 7) is 9.24. The first-order valence-corrected chi connectivity index (χ1v) is 8.03. The molecule has 3 heterocycles. The van der Waals surface area contributed by atoms with Gasteiger partial charge in [-0.3, -0.25) is 0 Å². The lowest BCUT2D eigenvalue weighted by Gasteiger charge is -2.28. The van der Waals surface area contributed by atoms with E-state index in [0.29, 0.717) is 0 Å². The van der Waals surface area contributed by atoms with E-state index < -0.39 is 0 Å². The van der Waals surface area contributed by atoms with E-state index in [1.54, 1.807) is 6.33 Å². The van der Waals surface area contributed by atoms with Crippen molar-refractivity contribution >= 4 is 11.6 Å². The van der Waals surface area contributed by atoms with Gasteiger partial charge in [0.2, 0.25) is 0 Å². The number of nitrogens with one attached hydrogen (secondary N) is 1. The molecule has 0 aliphatic carbocycles. The first-order chi connectivity index (χ1) is 11.2. The van der Waals surface area contributed by atoms with Gasteiger partial charge in [0.15, 0.2) is 0 Å². The van der Waals surface area contributed by atoms with Crippen LogP contribution in [0.1, 0.15) is 36.4 Å². The average Bonchev–Trinajstić information content (AvgIpc) is 2.93. The minimum atomic E-state index is 0.119. The molecule has 2 aromatic rings. The van der Waals surface area contributed by atoms with Crippen molar-refractivity contribution in [3.05, 3.63) is 29.4 Å². The Bertz CT molecular complexity index is 632. The summed E-state index contributed by atoms with van der Waals surface area (Å²) in [7, 11) is 0. The lowest BCUT2D eigenvalue weighted by Crippen LogP contribution is -2.36. The van der Waals surface area contributed by atoms with Gasteiger partial charge >= 0.3 is 0 Å². The average molecular weight is 317 g/mol. The van der Waals surface area contributed by atoms with E-state index >= 15 is 0 Å². The molecule has 0 radical (unpaired) electrons. The topological polar surface area (TPSA) is 76.3 Å².